The summed E-state index contributed by atoms with van der Waals surface area (Å²) in [5, 5.41) is 10.6. The molecule has 1 aromatic carbocycles. The highest BCUT2D eigenvalue weighted by Crippen LogP contribution is 2.28. The Morgan fingerprint density at radius 1 is 1.39 bits per heavy atom. The van der Waals surface area contributed by atoms with Crippen molar-refractivity contribution in [2.45, 2.75) is 19.8 Å². The zero-order chi connectivity index (χ0) is 13.5. The van der Waals surface area contributed by atoms with E-state index in [2.05, 4.69) is 0 Å². The fourth-order valence-corrected chi connectivity index (χ4v) is 1.52. The molecular weight excluding hydrogens is 241 g/mol. The summed E-state index contributed by atoms with van der Waals surface area (Å²) in [7, 11) is 1.58. The van der Waals surface area contributed by atoms with Crippen LogP contribution in [0.5, 0.6) is 5.75 Å². The molecule has 0 aliphatic rings. The monoisotopic (exact) mass is 257 g/mol. The third-order valence-corrected chi connectivity index (χ3v) is 2.46. The van der Waals surface area contributed by atoms with Crippen LogP contribution in [0.3, 0.4) is 0 Å². The number of nitro groups is 1. The highest BCUT2D eigenvalue weighted by molar-refractivity contribution is 5.45. The van der Waals surface area contributed by atoms with E-state index in [0.29, 0.717) is 37.4 Å². The molecule has 0 saturated heterocycles. The summed E-state index contributed by atoms with van der Waals surface area (Å²) in [6.45, 7) is 2.76. The fraction of sp³-hybridized carbons (Fsp3) is 0.500. The Labute approximate surface area is 105 Å². The van der Waals surface area contributed by atoms with Gasteiger partial charge in [-0.25, -0.2) is 0 Å². The number of nitrogens with zero attached hydrogens (tertiary/aromatic N) is 1. The Hall–Kier alpha value is -1.69. The first kappa shape index (κ1) is 14.4. The van der Waals surface area contributed by atoms with Crippen molar-refractivity contribution in [1.82, 2.24) is 0 Å². The summed E-state index contributed by atoms with van der Waals surface area (Å²) in [6, 6.07) is 2.30. The molecule has 100 valence electrons. The maximum Gasteiger partial charge on any atom is 0.308 e. The Kier molecular flexibility index (Phi) is 5.51. The first-order valence-corrected chi connectivity index (χ1v) is 5.68. The summed E-state index contributed by atoms with van der Waals surface area (Å²) in [4.78, 5) is 9.89. The lowest BCUT2D eigenvalue weighted by Gasteiger charge is -2.10. The van der Waals surface area contributed by atoms with Gasteiger partial charge < -0.3 is 9.47 Å². The van der Waals surface area contributed by atoms with Crippen LogP contribution in [-0.2, 0) is 11.2 Å². The molecule has 0 aromatic heterocycles. The van der Waals surface area contributed by atoms with E-state index in [1.165, 1.54) is 0 Å². The molecule has 0 fully saturated rings. The van der Waals surface area contributed by atoms with E-state index in [-0.39, 0.29) is 0 Å². The predicted octanol–water partition coefficient (Wildman–Crippen LogP) is 2.71. The number of methoxy groups -OCH3 is 1. The van der Waals surface area contributed by atoms with Crippen LogP contribution < -0.4 is 4.74 Å². The molecule has 0 bridgehead atoms. The van der Waals surface area contributed by atoms with Gasteiger partial charge in [0.25, 0.3) is 0 Å². The lowest BCUT2D eigenvalue weighted by atomic mass is 10.1. The summed E-state index contributed by atoms with van der Waals surface area (Å²) in [6.07, 6.45) is 1.22. The Bertz CT molecular complexity index is 423. The average Bonchev–Trinajstić information content (AvgIpc) is 2.35. The van der Waals surface area contributed by atoms with Gasteiger partial charge in [0.1, 0.15) is 5.75 Å². The first-order chi connectivity index (χ1) is 8.60. The first-order valence-electron chi connectivity index (χ1n) is 5.68. The number of benzene rings is 1. The number of nitro benzene ring substituents is 1. The Balaban J connectivity index is 2.86. The van der Waals surface area contributed by atoms with E-state index in [1.54, 1.807) is 7.11 Å². The lowest BCUT2D eigenvalue weighted by Crippen LogP contribution is -2.04. The molecule has 0 amide bonds. The van der Waals surface area contributed by atoms with Crippen LogP contribution in [0.15, 0.2) is 12.1 Å². The largest absolute Gasteiger partial charge is 0.493 e. The third-order valence-electron chi connectivity index (χ3n) is 2.46. The van der Waals surface area contributed by atoms with Crippen molar-refractivity contribution in [3.8, 4) is 5.75 Å². The standard InChI is InChI=1S/C12H16FNO4/c1-3-9-7-10(13)11(14(15)16)8-12(9)18-6-4-5-17-2/h7-8H,3-6H2,1-2H3. The van der Waals surface area contributed by atoms with Crippen molar-refractivity contribution in [3.05, 3.63) is 33.6 Å². The quantitative estimate of drug-likeness (QED) is 0.428. The van der Waals surface area contributed by atoms with Gasteiger partial charge in [0, 0.05) is 20.1 Å². The number of hydrogen-bond acceptors (Lipinski definition) is 4. The van der Waals surface area contributed by atoms with Gasteiger partial charge in [-0.05, 0) is 18.1 Å². The molecule has 1 aromatic rings. The zero-order valence-electron chi connectivity index (χ0n) is 10.4. The molecule has 0 saturated carbocycles. The minimum atomic E-state index is -0.832. The second-order valence-electron chi connectivity index (χ2n) is 3.72. The van der Waals surface area contributed by atoms with Crippen LogP contribution in [0.1, 0.15) is 18.9 Å². The minimum absolute atomic E-state index is 0.363. The molecule has 0 N–H and O–H groups in total. The summed E-state index contributed by atoms with van der Waals surface area (Å²) < 4.78 is 23.7. The molecule has 1 rings (SSSR count). The third kappa shape index (κ3) is 3.66. The van der Waals surface area contributed by atoms with Crippen molar-refractivity contribution in [3.63, 3.8) is 0 Å². The van der Waals surface area contributed by atoms with Gasteiger partial charge in [0.05, 0.1) is 17.6 Å². The van der Waals surface area contributed by atoms with Crippen molar-refractivity contribution < 1.29 is 18.8 Å². The minimum Gasteiger partial charge on any atom is -0.493 e. The second kappa shape index (κ2) is 6.90. The molecular formula is C12H16FNO4. The lowest BCUT2D eigenvalue weighted by molar-refractivity contribution is -0.387. The van der Waals surface area contributed by atoms with Gasteiger partial charge in [-0.1, -0.05) is 6.92 Å². The number of aryl methyl sites for hydroxylation is 1. The van der Waals surface area contributed by atoms with E-state index in [4.69, 9.17) is 9.47 Å². The fourth-order valence-electron chi connectivity index (χ4n) is 1.52. The second-order valence-corrected chi connectivity index (χ2v) is 3.72. The summed E-state index contributed by atoms with van der Waals surface area (Å²) in [5.74, 6) is -0.470. The van der Waals surface area contributed by atoms with Crippen LogP contribution in [0.25, 0.3) is 0 Å². The van der Waals surface area contributed by atoms with Crippen LogP contribution in [0.2, 0.25) is 0 Å². The van der Waals surface area contributed by atoms with E-state index in [9.17, 15) is 14.5 Å². The molecule has 0 radical (unpaired) electrons. The van der Waals surface area contributed by atoms with Gasteiger partial charge in [0.2, 0.25) is 5.82 Å². The molecule has 0 unspecified atom stereocenters. The van der Waals surface area contributed by atoms with Crippen LogP contribution in [0.4, 0.5) is 10.1 Å². The SMILES string of the molecule is CCc1cc(F)c([N+](=O)[O-])cc1OCCCOC. The molecule has 5 nitrogen and oxygen atoms in total. The van der Waals surface area contributed by atoms with Crippen LogP contribution >= 0.6 is 0 Å². The summed E-state index contributed by atoms with van der Waals surface area (Å²) >= 11 is 0. The van der Waals surface area contributed by atoms with E-state index < -0.39 is 16.4 Å². The van der Waals surface area contributed by atoms with Gasteiger partial charge in [-0.3, -0.25) is 10.1 Å². The molecule has 0 aliphatic heterocycles. The highest BCUT2D eigenvalue weighted by atomic mass is 19.1. The number of hydrogen-bond donors (Lipinski definition) is 0. The van der Waals surface area contributed by atoms with Crippen molar-refractivity contribution in [2.75, 3.05) is 20.3 Å². The zero-order valence-corrected chi connectivity index (χ0v) is 10.4. The maximum atomic E-state index is 13.4. The van der Waals surface area contributed by atoms with Crippen LogP contribution in [-0.4, -0.2) is 25.2 Å². The molecule has 18 heavy (non-hydrogen) atoms. The molecule has 0 spiro atoms. The Morgan fingerprint density at radius 3 is 2.67 bits per heavy atom. The molecule has 0 aliphatic carbocycles. The van der Waals surface area contributed by atoms with Crippen molar-refractivity contribution >= 4 is 5.69 Å². The number of halogens is 1. The number of ether oxygens (including phenoxy) is 2. The average molecular weight is 257 g/mol. The van der Waals surface area contributed by atoms with E-state index in [1.807, 2.05) is 6.92 Å². The number of rotatable bonds is 7. The molecule has 6 heteroatoms. The summed E-state index contributed by atoms with van der Waals surface area (Å²) in [5.41, 5.74) is 0.0597. The normalized spacial score (nSPS) is 10.4. The molecule has 0 atom stereocenters. The van der Waals surface area contributed by atoms with Gasteiger partial charge in [-0.15, -0.1) is 0 Å². The smallest absolute Gasteiger partial charge is 0.308 e. The Morgan fingerprint density at radius 2 is 2.11 bits per heavy atom. The van der Waals surface area contributed by atoms with Crippen LogP contribution in [0, 0.1) is 15.9 Å². The van der Waals surface area contributed by atoms with Gasteiger partial charge in [-0.2, -0.15) is 4.39 Å². The van der Waals surface area contributed by atoms with Crippen molar-refractivity contribution in [2.24, 2.45) is 0 Å². The molecule has 0 heterocycles. The van der Waals surface area contributed by atoms with Gasteiger partial charge in [0.15, 0.2) is 0 Å². The topological polar surface area (TPSA) is 61.6 Å². The van der Waals surface area contributed by atoms with Crippen molar-refractivity contribution in [1.29, 1.82) is 0 Å². The maximum absolute atomic E-state index is 13.4. The van der Waals surface area contributed by atoms with E-state index >= 15 is 0 Å². The van der Waals surface area contributed by atoms with Gasteiger partial charge >= 0.3 is 5.69 Å². The highest BCUT2D eigenvalue weighted by Gasteiger charge is 2.18. The van der Waals surface area contributed by atoms with E-state index in [0.717, 1.165) is 12.1 Å². The predicted molar refractivity (Wildman–Crippen MR) is 64.4 cm³/mol.